The molecule has 0 aromatic carbocycles. The van der Waals surface area contributed by atoms with Crippen LogP contribution in [0.5, 0.6) is 0 Å². The van der Waals surface area contributed by atoms with Crippen LogP contribution in [-0.2, 0) is 21.9 Å². The molecule has 2 rings (SSSR count). The molecule has 0 bridgehead atoms. The minimum Gasteiger partial charge on any atom is -0.356 e. The highest BCUT2D eigenvalue weighted by atomic mass is 32.2. The summed E-state index contributed by atoms with van der Waals surface area (Å²) in [7, 11) is -1.59. The maximum atomic E-state index is 12.2. The Morgan fingerprint density at radius 2 is 2.00 bits per heavy atom. The van der Waals surface area contributed by atoms with Crippen molar-refractivity contribution in [2.45, 2.75) is 17.7 Å². The average Bonchev–Trinajstić information content (AvgIpc) is 2.77. The molecule has 1 aromatic heterocycles. The average molecular weight is 256 g/mol. The van der Waals surface area contributed by atoms with Crippen molar-refractivity contribution >= 4 is 16.3 Å². The third-order valence-electron chi connectivity index (χ3n) is 3.13. The van der Waals surface area contributed by atoms with E-state index in [1.165, 1.54) is 4.31 Å². The number of hydrogen-bond donors (Lipinski definition) is 0. The van der Waals surface area contributed by atoms with Gasteiger partial charge in [-0.3, -0.25) is 0 Å². The van der Waals surface area contributed by atoms with Gasteiger partial charge in [0.2, 0.25) is 10.0 Å². The molecule has 17 heavy (non-hydrogen) atoms. The van der Waals surface area contributed by atoms with E-state index in [2.05, 4.69) is 0 Å². The van der Waals surface area contributed by atoms with Crippen LogP contribution in [0.3, 0.4) is 0 Å². The number of carbonyl (C=O) groups excluding carboxylic acids is 1. The molecule has 0 aliphatic carbocycles. The first-order valence-electron chi connectivity index (χ1n) is 5.61. The summed E-state index contributed by atoms with van der Waals surface area (Å²) < 4.78 is 27.6. The van der Waals surface area contributed by atoms with Gasteiger partial charge in [0.25, 0.3) is 0 Å². The summed E-state index contributed by atoms with van der Waals surface area (Å²) in [6.45, 7) is 0.862. The first kappa shape index (κ1) is 12.3. The van der Waals surface area contributed by atoms with Gasteiger partial charge in [-0.1, -0.05) is 0 Å². The number of carbonyl (C=O) groups is 1. The highest BCUT2D eigenvalue weighted by Gasteiger charge is 2.29. The van der Waals surface area contributed by atoms with Crippen LogP contribution >= 0.6 is 0 Å². The van der Waals surface area contributed by atoms with Crippen molar-refractivity contribution < 1.29 is 13.2 Å². The molecule has 1 aliphatic heterocycles. The number of aldehydes is 1. The van der Waals surface area contributed by atoms with Crippen LogP contribution in [0.15, 0.2) is 23.4 Å². The predicted molar refractivity (Wildman–Crippen MR) is 63.0 cm³/mol. The van der Waals surface area contributed by atoms with Crippen molar-refractivity contribution in [2.24, 2.45) is 13.0 Å². The maximum Gasteiger partial charge on any atom is 0.244 e. The molecule has 1 saturated heterocycles. The van der Waals surface area contributed by atoms with Crippen molar-refractivity contribution in [3.8, 4) is 0 Å². The number of sulfonamides is 1. The van der Waals surface area contributed by atoms with E-state index in [1.807, 2.05) is 0 Å². The number of piperidine rings is 1. The van der Waals surface area contributed by atoms with Gasteiger partial charge in [0.15, 0.2) is 0 Å². The molecule has 1 aromatic rings. The third kappa shape index (κ3) is 2.42. The van der Waals surface area contributed by atoms with Gasteiger partial charge < -0.3 is 9.36 Å². The fourth-order valence-corrected chi connectivity index (χ4v) is 3.55. The summed E-state index contributed by atoms with van der Waals surface area (Å²) in [5, 5.41) is 0. The molecule has 5 nitrogen and oxygen atoms in total. The molecule has 0 N–H and O–H groups in total. The number of hydrogen-bond acceptors (Lipinski definition) is 3. The van der Waals surface area contributed by atoms with E-state index < -0.39 is 10.0 Å². The largest absolute Gasteiger partial charge is 0.356 e. The van der Waals surface area contributed by atoms with Crippen LogP contribution in [0.1, 0.15) is 12.8 Å². The topological polar surface area (TPSA) is 59.4 Å². The second-order valence-corrected chi connectivity index (χ2v) is 6.33. The number of nitrogens with zero attached hydrogens (tertiary/aromatic N) is 2. The molecular weight excluding hydrogens is 240 g/mol. The summed E-state index contributed by atoms with van der Waals surface area (Å²) in [5.41, 5.74) is 0. The second-order valence-electron chi connectivity index (χ2n) is 4.39. The van der Waals surface area contributed by atoms with Crippen molar-refractivity contribution in [2.75, 3.05) is 13.1 Å². The lowest BCUT2D eigenvalue weighted by molar-refractivity contribution is -0.112. The Morgan fingerprint density at radius 3 is 2.47 bits per heavy atom. The van der Waals surface area contributed by atoms with Gasteiger partial charge in [0, 0.05) is 38.4 Å². The number of aromatic nitrogens is 1. The van der Waals surface area contributed by atoms with Crippen molar-refractivity contribution in [3.63, 3.8) is 0 Å². The van der Waals surface area contributed by atoms with Crippen LogP contribution in [0.4, 0.5) is 0 Å². The van der Waals surface area contributed by atoms with Crippen LogP contribution < -0.4 is 0 Å². The summed E-state index contributed by atoms with van der Waals surface area (Å²) in [6.07, 6.45) is 5.48. The summed E-state index contributed by atoms with van der Waals surface area (Å²) in [5.74, 6) is 0.0113. The SMILES string of the molecule is Cn1ccc(S(=O)(=O)N2CCC(C=O)CC2)c1. The first-order valence-corrected chi connectivity index (χ1v) is 7.05. The number of rotatable bonds is 3. The molecule has 0 amide bonds. The Bertz CT molecular complexity index is 499. The summed E-state index contributed by atoms with van der Waals surface area (Å²) >= 11 is 0. The second kappa shape index (κ2) is 4.62. The molecule has 0 radical (unpaired) electrons. The highest BCUT2D eigenvalue weighted by molar-refractivity contribution is 7.89. The van der Waals surface area contributed by atoms with Crippen LogP contribution in [0, 0.1) is 5.92 Å². The Kier molecular flexibility index (Phi) is 3.35. The van der Waals surface area contributed by atoms with Crippen molar-refractivity contribution in [1.82, 2.24) is 8.87 Å². The molecule has 0 unspecified atom stereocenters. The summed E-state index contributed by atoms with van der Waals surface area (Å²) in [6, 6.07) is 1.60. The van der Waals surface area contributed by atoms with E-state index >= 15 is 0 Å². The first-order chi connectivity index (χ1) is 8.04. The molecule has 0 spiro atoms. The standard InChI is InChI=1S/C11H16N2O3S/c1-12-5-4-11(8-12)17(15,16)13-6-2-10(9-14)3-7-13/h4-5,8-10H,2-3,6-7H2,1H3. The quantitative estimate of drug-likeness (QED) is 0.745. The summed E-state index contributed by atoms with van der Waals surface area (Å²) in [4.78, 5) is 10.9. The molecule has 1 fully saturated rings. The Hall–Kier alpha value is -1.14. The Balaban J connectivity index is 2.15. The van der Waals surface area contributed by atoms with E-state index in [0.717, 1.165) is 6.29 Å². The van der Waals surface area contributed by atoms with Gasteiger partial charge in [-0.05, 0) is 18.9 Å². The lowest BCUT2D eigenvalue weighted by Gasteiger charge is -2.28. The normalized spacial score (nSPS) is 19.4. The molecule has 94 valence electrons. The van der Waals surface area contributed by atoms with Crippen LogP contribution in [-0.4, -0.2) is 36.7 Å². The Labute approximate surface area is 101 Å². The molecule has 1 aliphatic rings. The Morgan fingerprint density at radius 1 is 1.35 bits per heavy atom. The predicted octanol–water partition coefficient (Wildman–Crippen LogP) is 0.625. The third-order valence-corrected chi connectivity index (χ3v) is 5.02. The van der Waals surface area contributed by atoms with Gasteiger partial charge in [0.05, 0.1) is 4.90 Å². The van der Waals surface area contributed by atoms with E-state index in [9.17, 15) is 13.2 Å². The molecule has 0 atom stereocenters. The zero-order chi connectivity index (χ0) is 12.5. The monoisotopic (exact) mass is 256 g/mol. The van der Waals surface area contributed by atoms with E-state index in [4.69, 9.17) is 0 Å². The van der Waals surface area contributed by atoms with Crippen molar-refractivity contribution in [1.29, 1.82) is 0 Å². The van der Waals surface area contributed by atoms with Crippen molar-refractivity contribution in [3.05, 3.63) is 18.5 Å². The molecule has 6 heteroatoms. The lowest BCUT2D eigenvalue weighted by Crippen LogP contribution is -2.38. The minimum absolute atomic E-state index is 0.0113. The van der Waals surface area contributed by atoms with E-state index in [0.29, 0.717) is 30.8 Å². The van der Waals surface area contributed by atoms with E-state index in [-0.39, 0.29) is 5.92 Å². The fraction of sp³-hybridized carbons (Fsp3) is 0.545. The molecule has 2 heterocycles. The van der Waals surface area contributed by atoms with Gasteiger partial charge >= 0.3 is 0 Å². The van der Waals surface area contributed by atoms with Gasteiger partial charge in [-0.15, -0.1) is 0 Å². The minimum atomic E-state index is -3.38. The molecule has 0 saturated carbocycles. The highest BCUT2D eigenvalue weighted by Crippen LogP contribution is 2.22. The smallest absolute Gasteiger partial charge is 0.244 e. The lowest BCUT2D eigenvalue weighted by atomic mass is 10.0. The zero-order valence-corrected chi connectivity index (χ0v) is 10.6. The van der Waals surface area contributed by atoms with Gasteiger partial charge in [-0.2, -0.15) is 4.31 Å². The molecular formula is C11H16N2O3S. The zero-order valence-electron chi connectivity index (χ0n) is 9.74. The van der Waals surface area contributed by atoms with Crippen LogP contribution in [0.2, 0.25) is 0 Å². The van der Waals surface area contributed by atoms with Crippen LogP contribution in [0.25, 0.3) is 0 Å². The van der Waals surface area contributed by atoms with Gasteiger partial charge in [-0.25, -0.2) is 8.42 Å². The maximum absolute atomic E-state index is 12.2. The van der Waals surface area contributed by atoms with E-state index in [1.54, 1.807) is 30.1 Å². The fourth-order valence-electron chi connectivity index (χ4n) is 2.03. The number of aryl methyl sites for hydroxylation is 1. The van der Waals surface area contributed by atoms with Gasteiger partial charge in [0.1, 0.15) is 6.29 Å².